The van der Waals surface area contributed by atoms with Crippen molar-refractivity contribution >= 4 is 5.82 Å². The third kappa shape index (κ3) is 2.58. The largest absolute Gasteiger partial charge is 0.380 e. The van der Waals surface area contributed by atoms with E-state index < -0.39 is 0 Å². The van der Waals surface area contributed by atoms with E-state index in [1.807, 2.05) is 6.07 Å². The summed E-state index contributed by atoms with van der Waals surface area (Å²) in [6.45, 7) is 2.49. The SMILES string of the molecule is CO[C@H]1C[C@H](c2nc(C)no2)N(c2ccc(C#N)cn2)C1. The summed E-state index contributed by atoms with van der Waals surface area (Å²) in [6, 6.07) is 5.58. The fourth-order valence-corrected chi connectivity index (χ4v) is 2.53. The van der Waals surface area contributed by atoms with Crippen LogP contribution < -0.4 is 4.90 Å². The summed E-state index contributed by atoms with van der Waals surface area (Å²) < 4.78 is 10.8. The summed E-state index contributed by atoms with van der Waals surface area (Å²) >= 11 is 0. The fourth-order valence-electron chi connectivity index (χ4n) is 2.53. The van der Waals surface area contributed by atoms with E-state index in [2.05, 4.69) is 26.1 Å². The molecule has 0 saturated carbocycles. The zero-order valence-electron chi connectivity index (χ0n) is 11.9. The van der Waals surface area contributed by atoms with Crippen LogP contribution in [0.15, 0.2) is 22.9 Å². The van der Waals surface area contributed by atoms with Crippen LogP contribution in [0.4, 0.5) is 5.82 Å². The van der Waals surface area contributed by atoms with Gasteiger partial charge in [0, 0.05) is 26.3 Å². The molecule has 0 aromatic carbocycles. The van der Waals surface area contributed by atoms with Crippen LogP contribution in [0.2, 0.25) is 0 Å². The first-order valence-electron chi connectivity index (χ1n) is 6.67. The van der Waals surface area contributed by atoms with Crippen molar-refractivity contribution < 1.29 is 9.26 Å². The lowest BCUT2D eigenvalue weighted by molar-refractivity contribution is 0.117. The van der Waals surface area contributed by atoms with Gasteiger partial charge >= 0.3 is 0 Å². The number of nitriles is 1. The van der Waals surface area contributed by atoms with Gasteiger partial charge in [-0.2, -0.15) is 10.2 Å². The van der Waals surface area contributed by atoms with Crippen LogP contribution in [-0.4, -0.2) is 34.9 Å². The second-order valence-corrected chi connectivity index (χ2v) is 4.96. The Bertz CT molecular complexity index is 661. The molecule has 0 unspecified atom stereocenters. The maximum Gasteiger partial charge on any atom is 0.249 e. The molecule has 7 nitrogen and oxygen atoms in total. The zero-order chi connectivity index (χ0) is 14.8. The molecule has 2 aromatic rings. The Hall–Kier alpha value is -2.46. The van der Waals surface area contributed by atoms with Crippen molar-refractivity contribution in [3.63, 3.8) is 0 Å². The molecule has 0 spiro atoms. The number of hydrogen-bond acceptors (Lipinski definition) is 7. The van der Waals surface area contributed by atoms with E-state index in [4.69, 9.17) is 14.5 Å². The number of rotatable bonds is 3. The molecule has 1 fully saturated rings. The number of aromatic nitrogens is 3. The molecule has 1 aliphatic heterocycles. The molecule has 1 aliphatic rings. The van der Waals surface area contributed by atoms with Crippen molar-refractivity contribution in [2.75, 3.05) is 18.6 Å². The lowest BCUT2D eigenvalue weighted by Gasteiger charge is -2.22. The van der Waals surface area contributed by atoms with Crippen molar-refractivity contribution in [1.29, 1.82) is 5.26 Å². The fraction of sp³-hybridized carbons (Fsp3) is 0.429. The highest BCUT2D eigenvalue weighted by atomic mass is 16.5. The molecule has 108 valence electrons. The molecule has 2 aromatic heterocycles. The first-order chi connectivity index (χ1) is 10.2. The second kappa shape index (κ2) is 5.50. The van der Waals surface area contributed by atoms with E-state index >= 15 is 0 Å². The van der Waals surface area contributed by atoms with Crippen molar-refractivity contribution in [2.45, 2.75) is 25.5 Å². The smallest absolute Gasteiger partial charge is 0.249 e. The molecule has 1 saturated heterocycles. The lowest BCUT2D eigenvalue weighted by atomic mass is 10.2. The van der Waals surface area contributed by atoms with Crippen LogP contribution in [0.5, 0.6) is 0 Å². The van der Waals surface area contributed by atoms with E-state index in [1.54, 1.807) is 26.3 Å². The molecule has 7 heteroatoms. The average Bonchev–Trinajstić information content (AvgIpc) is 3.13. The lowest BCUT2D eigenvalue weighted by Crippen LogP contribution is -2.25. The summed E-state index contributed by atoms with van der Waals surface area (Å²) in [5, 5.41) is 12.7. The molecule has 0 aliphatic carbocycles. The Labute approximate surface area is 122 Å². The van der Waals surface area contributed by atoms with Crippen molar-refractivity contribution in [1.82, 2.24) is 15.1 Å². The van der Waals surface area contributed by atoms with Crippen molar-refractivity contribution in [2.24, 2.45) is 0 Å². The Morgan fingerprint density at radius 2 is 2.33 bits per heavy atom. The highest BCUT2D eigenvalue weighted by Crippen LogP contribution is 2.35. The van der Waals surface area contributed by atoms with Crippen LogP contribution in [0.1, 0.15) is 29.7 Å². The molecule has 2 atom stereocenters. The van der Waals surface area contributed by atoms with Crippen LogP contribution in [-0.2, 0) is 4.74 Å². The number of ether oxygens (including phenoxy) is 1. The zero-order valence-corrected chi connectivity index (χ0v) is 11.9. The molecule has 0 bridgehead atoms. The van der Waals surface area contributed by atoms with Gasteiger partial charge in [-0.1, -0.05) is 5.16 Å². The van der Waals surface area contributed by atoms with Crippen LogP contribution in [0.3, 0.4) is 0 Å². The number of hydrogen-bond donors (Lipinski definition) is 0. The third-order valence-electron chi connectivity index (χ3n) is 3.60. The molecular weight excluding hydrogens is 270 g/mol. The number of nitrogens with zero attached hydrogens (tertiary/aromatic N) is 5. The van der Waals surface area contributed by atoms with Crippen LogP contribution >= 0.6 is 0 Å². The van der Waals surface area contributed by atoms with Gasteiger partial charge in [-0.15, -0.1) is 0 Å². The molecule has 3 rings (SSSR count). The Kier molecular flexibility index (Phi) is 3.54. The molecule has 0 radical (unpaired) electrons. The number of pyridine rings is 1. The Morgan fingerprint density at radius 1 is 1.48 bits per heavy atom. The first-order valence-corrected chi connectivity index (χ1v) is 6.67. The minimum atomic E-state index is -0.0587. The summed E-state index contributed by atoms with van der Waals surface area (Å²) in [4.78, 5) is 10.7. The summed E-state index contributed by atoms with van der Waals surface area (Å²) in [5.41, 5.74) is 0.534. The maximum absolute atomic E-state index is 8.85. The van der Waals surface area contributed by atoms with E-state index in [0.717, 1.165) is 12.2 Å². The standard InChI is InChI=1S/C14H15N5O2/c1-9-17-14(21-18-9)12-5-11(20-2)8-19(12)13-4-3-10(6-15)7-16-13/h3-4,7,11-12H,5,8H2,1-2H3/t11-,12+/m0/s1. The van der Waals surface area contributed by atoms with Gasteiger partial charge in [-0.3, -0.25) is 0 Å². The van der Waals surface area contributed by atoms with Gasteiger partial charge in [0.1, 0.15) is 17.9 Å². The average molecular weight is 285 g/mol. The van der Waals surface area contributed by atoms with Gasteiger partial charge in [-0.05, 0) is 19.1 Å². The summed E-state index contributed by atoms with van der Waals surface area (Å²) in [7, 11) is 1.69. The Balaban J connectivity index is 1.91. The second-order valence-electron chi connectivity index (χ2n) is 4.96. The summed E-state index contributed by atoms with van der Waals surface area (Å²) in [6.07, 6.45) is 2.41. The third-order valence-corrected chi connectivity index (χ3v) is 3.60. The van der Waals surface area contributed by atoms with Gasteiger partial charge in [0.15, 0.2) is 5.82 Å². The summed E-state index contributed by atoms with van der Waals surface area (Å²) in [5.74, 6) is 1.95. The van der Waals surface area contributed by atoms with E-state index in [1.165, 1.54) is 0 Å². The maximum atomic E-state index is 8.85. The predicted molar refractivity (Wildman–Crippen MR) is 73.5 cm³/mol. The molecule has 21 heavy (non-hydrogen) atoms. The normalized spacial score (nSPS) is 21.5. The quantitative estimate of drug-likeness (QED) is 0.846. The highest BCUT2D eigenvalue weighted by molar-refractivity contribution is 5.45. The van der Waals surface area contributed by atoms with Crippen molar-refractivity contribution in [3.05, 3.63) is 35.6 Å². The molecule has 3 heterocycles. The molecule has 0 amide bonds. The molecule has 0 N–H and O–H groups in total. The van der Waals surface area contributed by atoms with E-state index in [9.17, 15) is 0 Å². The Morgan fingerprint density at radius 3 is 2.90 bits per heavy atom. The van der Waals surface area contributed by atoms with E-state index in [-0.39, 0.29) is 12.1 Å². The number of methoxy groups -OCH3 is 1. The van der Waals surface area contributed by atoms with Gasteiger partial charge in [0.2, 0.25) is 5.89 Å². The van der Waals surface area contributed by atoms with E-state index in [0.29, 0.717) is 23.8 Å². The minimum absolute atomic E-state index is 0.0587. The topological polar surface area (TPSA) is 88.1 Å². The molecular formula is C14H15N5O2. The predicted octanol–water partition coefficient (Wildman–Crippen LogP) is 1.61. The van der Waals surface area contributed by atoms with Gasteiger partial charge < -0.3 is 14.2 Å². The first kappa shape index (κ1) is 13.5. The van der Waals surface area contributed by atoms with Gasteiger partial charge in [0.25, 0.3) is 0 Å². The van der Waals surface area contributed by atoms with Gasteiger partial charge in [-0.25, -0.2) is 4.98 Å². The van der Waals surface area contributed by atoms with Gasteiger partial charge in [0.05, 0.1) is 11.7 Å². The van der Waals surface area contributed by atoms with Crippen LogP contribution in [0, 0.1) is 18.3 Å². The van der Waals surface area contributed by atoms with Crippen LogP contribution in [0.25, 0.3) is 0 Å². The monoisotopic (exact) mass is 285 g/mol. The highest BCUT2D eigenvalue weighted by Gasteiger charge is 2.37. The minimum Gasteiger partial charge on any atom is -0.380 e. The number of aryl methyl sites for hydroxylation is 1. The van der Waals surface area contributed by atoms with Crippen molar-refractivity contribution in [3.8, 4) is 6.07 Å². The number of anilines is 1.